The Morgan fingerprint density at radius 3 is 2.16 bits per heavy atom. The number of benzene rings is 3. The molecule has 3 aromatic rings. The van der Waals surface area contributed by atoms with Gasteiger partial charge >= 0.3 is 0 Å². The molecule has 1 amide bonds. The molecular formula is C24H23BrClNO4. The first-order valence-electron chi connectivity index (χ1n) is 9.61. The van der Waals surface area contributed by atoms with E-state index in [-0.39, 0.29) is 0 Å². The van der Waals surface area contributed by atoms with Gasteiger partial charge in [-0.3, -0.25) is 4.79 Å². The van der Waals surface area contributed by atoms with Crippen molar-refractivity contribution in [2.45, 2.75) is 19.4 Å². The predicted molar refractivity (Wildman–Crippen MR) is 125 cm³/mol. The SMILES string of the molecule is COc1cc(COc2c(Br)cc(Cl)cc2CCc2ccc(C(N)=O)cc2)cc(OC)c1. The van der Waals surface area contributed by atoms with Crippen LogP contribution in [0.4, 0.5) is 0 Å². The van der Waals surface area contributed by atoms with Crippen molar-refractivity contribution in [3.63, 3.8) is 0 Å². The molecule has 0 aliphatic carbocycles. The van der Waals surface area contributed by atoms with Gasteiger partial charge in [-0.25, -0.2) is 0 Å². The van der Waals surface area contributed by atoms with Crippen LogP contribution in [-0.4, -0.2) is 20.1 Å². The van der Waals surface area contributed by atoms with E-state index in [0.717, 1.165) is 33.3 Å². The second-order valence-electron chi connectivity index (χ2n) is 6.95. The third-order valence-electron chi connectivity index (χ3n) is 4.80. The van der Waals surface area contributed by atoms with Crippen LogP contribution in [0, 0.1) is 0 Å². The lowest BCUT2D eigenvalue weighted by Crippen LogP contribution is -2.10. The number of carbonyl (C=O) groups is 1. The minimum atomic E-state index is -0.435. The Hall–Kier alpha value is -2.70. The molecule has 3 rings (SSSR count). The van der Waals surface area contributed by atoms with Gasteiger partial charge in [0.05, 0.1) is 18.7 Å². The molecule has 0 aliphatic heterocycles. The first-order chi connectivity index (χ1) is 14.9. The maximum Gasteiger partial charge on any atom is 0.248 e. The average Bonchev–Trinajstić information content (AvgIpc) is 2.76. The van der Waals surface area contributed by atoms with E-state index in [1.807, 2.05) is 42.5 Å². The smallest absolute Gasteiger partial charge is 0.248 e. The molecule has 0 saturated heterocycles. The monoisotopic (exact) mass is 503 g/mol. The van der Waals surface area contributed by atoms with Crippen molar-refractivity contribution in [2.75, 3.05) is 14.2 Å². The van der Waals surface area contributed by atoms with Gasteiger partial charge in [-0.15, -0.1) is 0 Å². The van der Waals surface area contributed by atoms with Crippen LogP contribution in [0.25, 0.3) is 0 Å². The number of aryl methyl sites for hydroxylation is 2. The van der Waals surface area contributed by atoms with E-state index in [9.17, 15) is 4.79 Å². The Balaban J connectivity index is 1.77. The number of halogens is 2. The molecule has 3 aromatic carbocycles. The Morgan fingerprint density at radius 2 is 1.58 bits per heavy atom. The van der Waals surface area contributed by atoms with Gasteiger partial charge in [-0.1, -0.05) is 23.7 Å². The van der Waals surface area contributed by atoms with Gasteiger partial charge in [0.1, 0.15) is 23.9 Å². The van der Waals surface area contributed by atoms with Gasteiger partial charge in [0.2, 0.25) is 5.91 Å². The average molecular weight is 505 g/mol. The number of hydrogen-bond donors (Lipinski definition) is 1. The summed E-state index contributed by atoms with van der Waals surface area (Å²) in [5, 5.41) is 0.626. The molecule has 0 atom stereocenters. The Kier molecular flexibility index (Phi) is 7.82. The highest BCUT2D eigenvalue weighted by atomic mass is 79.9. The van der Waals surface area contributed by atoms with Crippen LogP contribution < -0.4 is 19.9 Å². The number of nitrogens with two attached hydrogens (primary N) is 1. The van der Waals surface area contributed by atoms with E-state index in [1.54, 1.807) is 26.4 Å². The molecule has 0 saturated carbocycles. The highest BCUT2D eigenvalue weighted by Crippen LogP contribution is 2.35. The number of methoxy groups -OCH3 is 2. The van der Waals surface area contributed by atoms with Crippen molar-refractivity contribution in [3.05, 3.63) is 86.3 Å². The number of amides is 1. The van der Waals surface area contributed by atoms with Crippen molar-refractivity contribution in [1.29, 1.82) is 0 Å². The van der Waals surface area contributed by atoms with Gasteiger partial charge in [0.15, 0.2) is 0 Å². The molecule has 31 heavy (non-hydrogen) atoms. The third kappa shape index (κ3) is 6.15. The summed E-state index contributed by atoms with van der Waals surface area (Å²) in [6, 6.07) is 16.6. The van der Waals surface area contributed by atoms with E-state index >= 15 is 0 Å². The molecule has 2 N–H and O–H groups in total. The lowest BCUT2D eigenvalue weighted by molar-refractivity contribution is 0.100. The highest BCUT2D eigenvalue weighted by molar-refractivity contribution is 9.10. The second kappa shape index (κ2) is 10.6. The standard InChI is InChI=1S/C24H23BrClNO4/c1-29-20-9-16(10-21(13-20)30-2)14-31-23-18(11-19(26)12-22(23)25)8-5-15-3-6-17(7-4-15)24(27)28/h3-4,6-7,9-13H,5,8,14H2,1-2H3,(H2,27,28). The fourth-order valence-electron chi connectivity index (χ4n) is 3.18. The number of rotatable bonds is 9. The Bertz CT molecular complexity index is 1050. The van der Waals surface area contributed by atoms with Gasteiger partial charge in [0.25, 0.3) is 0 Å². The summed E-state index contributed by atoms with van der Waals surface area (Å²) >= 11 is 9.86. The topological polar surface area (TPSA) is 70.8 Å². The highest BCUT2D eigenvalue weighted by Gasteiger charge is 2.12. The van der Waals surface area contributed by atoms with Gasteiger partial charge in [-0.05, 0) is 81.9 Å². The molecule has 0 unspecified atom stereocenters. The molecule has 5 nitrogen and oxygen atoms in total. The molecule has 162 valence electrons. The first kappa shape index (κ1) is 23.0. The molecule has 0 fully saturated rings. The molecule has 0 aromatic heterocycles. The van der Waals surface area contributed by atoms with Gasteiger partial charge < -0.3 is 19.9 Å². The van der Waals surface area contributed by atoms with Crippen LogP contribution in [-0.2, 0) is 19.4 Å². The summed E-state index contributed by atoms with van der Waals surface area (Å²) in [6.45, 7) is 0.341. The fourth-order valence-corrected chi connectivity index (χ4v) is 4.17. The summed E-state index contributed by atoms with van der Waals surface area (Å²) in [7, 11) is 3.23. The Morgan fingerprint density at radius 1 is 0.935 bits per heavy atom. The minimum absolute atomic E-state index is 0.341. The normalized spacial score (nSPS) is 10.6. The molecule has 7 heteroatoms. The van der Waals surface area contributed by atoms with Gasteiger partial charge in [-0.2, -0.15) is 0 Å². The predicted octanol–water partition coefficient (Wildman–Crippen LogP) is 5.58. The quantitative estimate of drug-likeness (QED) is 0.413. The molecule has 0 spiro atoms. The van der Waals surface area contributed by atoms with Crippen LogP contribution >= 0.6 is 27.5 Å². The van der Waals surface area contributed by atoms with Crippen molar-refractivity contribution in [3.8, 4) is 17.2 Å². The summed E-state index contributed by atoms with van der Waals surface area (Å²) in [5.74, 6) is 1.70. The fraction of sp³-hybridized carbons (Fsp3) is 0.208. The van der Waals surface area contributed by atoms with Gasteiger partial charge in [0, 0.05) is 16.7 Å². The zero-order valence-corrected chi connectivity index (χ0v) is 19.6. The minimum Gasteiger partial charge on any atom is -0.497 e. The second-order valence-corrected chi connectivity index (χ2v) is 8.24. The van der Waals surface area contributed by atoms with E-state index in [4.69, 9.17) is 31.5 Å². The van der Waals surface area contributed by atoms with Crippen molar-refractivity contribution < 1.29 is 19.0 Å². The lowest BCUT2D eigenvalue weighted by atomic mass is 10.0. The third-order valence-corrected chi connectivity index (χ3v) is 5.61. The molecule has 0 heterocycles. The summed E-state index contributed by atoms with van der Waals surface area (Å²) < 4.78 is 17.6. The number of hydrogen-bond acceptors (Lipinski definition) is 4. The summed E-state index contributed by atoms with van der Waals surface area (Å²) in [4.78, 5) is 11.3. The Labute approximate surface area is 195 Å². The van der Waals surface area contributed by atoms with Crippen molar-refractivity contribution in [1.82, 2.24) is 0 Å². The molecule has 0 aliphatic rings. The van der Waals surface area contributed by atoms with Crippen LogP contribution in [0.5, 0.6) is 17.2 Å². The maximum absolute atomic E-state index is 11.3. The summed E-state index contributed by atoms with van der Waals surface area (Å²) in [5.41, 5.74) is 8.79. The number of carbonyl (C=O) groups excluding carboxylic acids is 1. The number of primary amides is 1. The molecule has 0 bridgehead atoms. The largest absolute Gasteiger partial charge is 0.497 e. The molecule has 0 radical (unpaired) electrons. The van der Waals surface area contributed by atoms with Crippen LogP contribution in [0.2, 0.25) is 5.02 Å². The van der Waals surface area contributed by atoms with Crippen LogP contribution in [0.3, 0.4) is 0 Å². The first-order valence-corrected chi connectivity index (χ1v) is 10.8. The van der Waals surface area contributed by atoms with Crippen LogP contribution in [0.15, 0.2) is 59.1 Å². The van der Waals surface area contributed by atoms with E-state index < -0.39 is 5.91 Å². The van der Waals surface area contributed by atoms with Crippen molar-refractivity contribution in [2.24, 2.45) is 5.73 Å². The number of ether oxygens (including phenoxy) is 3. The van der Waals surface area contributed by atoms with E-state index in [0.29, 0.717) is 35.1 Å². The van der Waals surface area contributed by atoms with Crippen LogP contribution in [0.1, 0.15) is 27.0 Å². The maximum atomic E-state index is 11.3. The summed E-state index contributed by atoms with van der Waals surface area (Å²) in [6.07, 6.45) is 1.47. The zero-order valence-electron chi connectivity index (χ0n) is 17.3. The molecular weight excluding hydrogens is 482 g/mol. The zero-order chi connectivity index (χ0) is 22.4. The van der Waals surface area contributed by atoms with E-state index in [2.05, 4.69) is 15.9 Å². The van der Waals surface area contributed by atoms with E-state index in [1.165, 1.54) is 0 Å². The lowest BCUT2D eigenvalue weighted by Gasteiger charge is -2.15. The van der Waals surface area contributed by atoms with Crippen molar-refractivity contribution >= 4 is 33.4 Å².